The van der Waals surface area contributed by atoms with Crippen molar-refractivity contribution in [3.8, 4) is 0 Å². The molecule has 1 heterocycles. The van der Waals surface area contributed by atoms with E-state index in [1.54, 1.807) is 0 Å². The molecular weight excluding hydrogens is 160 g/mol. The average molecular weight is 175 g/mol. The maximum Gasteiger partial charge on any atom is 0.249 e. The highest BCUT2D eigenvalue weighted by Gasteiger charge is 2.56. The lowest BCUT2D eigenvalue weighted by Gasteiger charge is -2.51. The second-order valence-electron chi connectivity index (χ2n) is 4.46. The third-order valence-corrected chi connectivity index (χ3v) is 3.29. The molecule has 70 valence electrons. The van der Waals surface area contributed by atoms with Crippen LogP contribution in [0.2, 0.25) is 0 Å². The first kappa shape index (κ1) is 8.42. The summed E-state index contributed by atoms with van der Waals surface area (Å²) in [6.45, 7) is 1.94. The molecule has 1 N–H and O–H groups in total. The van der Waals surface area contributed by atoms with Gasteiger partial charge in [0.05, 0.1) is 13.1 Å². The van der Waals surface area contributed by atoms with Crippen LogP contribution in [-0.2, 0) is 0 Å². The van der Waals surface area contributed by atoms with Crippen LogP contribution in [0, 0.1) is 12.5 Å². The van der Waals surface area contributed by atoms with Gasteiger partial charge < -0.3 is 4.90 Å². The van der Waals surface area contributed by atoms with Gasteiger partial charge in [-0.05, 0) is 5.41 Å². The number of halogens is 2. The molecule has 1 saturated heterocycles. The first-order valence-electron chi connectivity index (χ1n) is 4.56. The fourth-order valence-corrected chi connectivity index (χ4v) is 2.53. The lowest BCUT2D eigenvalue weighted by molar-refractivity contribution is -0.863. The van der Waals surface area contributed by atoms with Crippen LogP contribution in [0.1, 0.15) is 25.7 Å². The lowest BCUT2D eigenvalue weighted by Crippen LogP contribution is -3.08. The summed E-state index contributed by atoms with van der Waals surface area (Å²) in [6, 6.07) is 0. The normalized spacial score (nSPS) is 33.2. The lowest BCUT2D eigenvalue weighted by atomic mass is 9.61. The zero-order chi connectivity index (χ0) is 8.82. The number of alkyl halides is 2. The van der Waals surface area contributed by atoms with Crippen LogP contribution in [0.15, 0.2) is 0 Å². The van der Waals surface area contributed by atoms with Gasteiger partial charge in [-0.2, -0.15) is 7.05 Å². The first-order chi connectivity index (χ1) is 5.52. The summed E-state index contributed by atoms with van der Waals surface area (Å²) in [5.41, 5.74) is 0.00465. The van der Waals surface area contributed by atoms with Gasteiger partial charge in [0.25, 0.3) is 0 Å². The molecule has 1 saturated carbocycles. The number of quaternary nitrogens is 1. The Morgan fingerprint density at radius 3 is 2.00 bits per heavy atom. The molecule has 0 aromatic carbocycles. The van der Waals surface area contributed by atoms with E-state index in [0.29, 0.717) is 0 Å². The Bertz CT molecular complexity index is 173. The van der Waals surface area contributed by atoms with Gasteiger partial charge in [0.1, 0.15) is 0 Å². The summed E-state index contributed by atoms with van der Waals surface area (Å²) in [6.07, 6.45) is 2.16. The largest absolute Gasteiger partial charge is 0.468 e. The fourth-order valence-electron chi connectivity index (χ4n) is 2.53. The van der Waals surface area contributed by atoms with E-state index in [9.17, 15) is 8.78 Å². The summed E-state index contributed by atoms with van der Waals surface area (Å²) in [7, 11) is 3.89. The Morgan fingerprint density at radius 1 is 1.08 bits per heavy atom. The zero-order valence-corrected chi connectivity index (χ0v) is 7.21. The molecule has 2 fully saturated rings. The molecule has 2 aliphatic rings. The molecule has 2 rings (SSSR count). The van der Waals surface area contributed by atoms with Crippen molar-refractivity contribution >= 4 is 0 Å². The predicted octanol–water partition coefficient (Wildman–Crippen LogP) is 0.872. The molecule has 0 atom stereocenters. The monoisotopic (exact) mass is 175 g/mol. The minimum atomic E-state index is -2.35. The van der Waals surface area contributed by atoms with Crippen LogP contribution >= 0.6 is 0 Å². The quantitative estimate of drug-likeness (QED) is 0.521. The van der Waals surface area contributed by atoms with Crippen molar-refractivity contribution < 1.29 is 13.7 Å². The Hall–Kier alpha value is -0.180. The summed E-state index contributed by atoms with van der Waals surface area (Å²) >= 11 is 0. The molecule has 0 amide bonds. The minimum Gasteiger partial charge on any atom is -0.468 e. The predicted molar refractivity (Wildman–Crippen MR) is 41.9 cm³/mol. The van der Waals surface area contributed by atoms with Crippen LogP contribution in [0.25, 0.3) is 0 Å². The molecule has 0 aromatic rings. The number of nitrogens with one attached hydrogen (secondary N) is 1. The molecule has 1 aliphatic heterocycles. The fraction of sp³-hybridized carbons (Fsp3) is 0.889. The van der Waals surface area contributed by atoms with E-state index in [-0.39, 0.29) is 18.3 Å². The topological polar surface area (TPSA) is 4.44 Å². The van der Waals surface area contributed by atoms with E-state index in [1.165, 1.54) is 4.90 Å². The highest BCUT2D eigenvalue weighted by Crippen LogP contribution is 2.56. The summed E-state index contributed by atoms with van der Waals surface area (Å²) in [4.78, 5) is 1.25. The Balaban J connectivity index is 1.91. The SMILES string of the molecule is [CH2-][NH+]1CCC2(CC1)CC(F)(F)C2. The van der Waals surface area contributed by atoms with Crippen LogP contribution in [0.3, 0.4) is 0 Å². The molecule has 1 aliphatic carbocycles. The molecule has 1 spiro atoms. The van der Waals surface area contributed by atoms with Gasteiger partial charge in [0, 0.05) is 25.7 Å². The standard InChI is InChI=1S/C9H15F2N/c1-12-4-2-8(3-5-12)6-9(10,11)7-8/h12H,1-7H2. The molecule has 3 heteroatoms. The van der Waals surface area contributed by atoms with Crippen LogP contribution in [0.5, 0.6) is 0 Å². The maximum atomic E-state index is 12.6. The Morgan fingerprint density at radius 2 is 1.58 bits per heavy atom. The van der Waals surface area contributed by atoms with E-state index < -0.39 is 5.92 Å². The van der Waals surface area contributed by atoms with E-state index in [0.717, 1.165) is 25.9 Å². The molecule has 0 aromatic heterocycles. The van der Waals surface area contributed by atoms with Crippen molar-refractivity contribution in [1.82, 2.24) is 0 Å². The van der Waals surface area contributed by atoms with E-state index in [4.69, 9.17) is 0 Å². The Kier molecular flexibility index (Phi) is 1.69. The van der Waals surface area contributed by atoms with Gasteiger partial charge in [0.15, 0.2) is 0 Å². The van der Waals surface area contributed by atoms with Crippen molar-refractivity contribution in [1.29, 1.82) is 0 Å². The zero-order valence-electron chi connectivity index (χ0n) is 7.21. The van der Waals surface area contributed by atoms with Crippen molar-refractivity contribution in [2.24, 2.45) is 5.41 Å². The number of hydrogen-bond donors (Lipinski definition) is 1. The van der Waals surface area contributed by atoms with Gasteiger partial charge >= 0.3 is 0 Å². The smallest absolute Gasteiger partial charge is 0.249 e. The van der Waals surface area contributed by atoms with Crippen molar-refractivity contribution in [3.05, 3.63) is 7.05 Å². The molecule has 12 heavy (non-hydrogen) atoms. The van der Waals surface area contributed by atoms with Crippen molar-refractivity contribution in [2.45, 2.75) is 31.6 Å². The minimum absolute atomic E-state index is 0.00465. The molecule has 0 unspecified atom stereocenters. The number of piperidine rings is 1. The first-order valence-corrected chi connectivity index (χ1v) is 4.56. The van der Waals surface area contributed by atoms with Gasteiger partial charge in [-0.3, -0.25) is 0 Å². The van der Waals surface area contributed by atoms with Gasteiger partial charge in [0.2, 0.25) is 5.92 Å². The maximum absolute atomic E-state index is 12.6. The summed E-state index contributed by atoms with van der Waals surface area (Å²) in [5, 5.41) is 0. The third-order valence-electron chi connectivity index (χ3n) is 3.29. The van der Waals surface area contributed by atoms with Crippen molar-refractivity contribution in [2.75, 3.05) is 13.1 Å². The second kappa shape index (κ2) is 2.41. The molecule has 1 nitrogen and oxygen atoms in total. The second-order valence-corrected chi connectivity index (χ2v) is 4.46. The average Bonchev–Trinajstić information content (AvgIpc) is 1.91. The summed E-state index contributed by atoms with van der Waals surface area (Å²) < 4.78 is 25.3. The van der Waals surface area contributed by atoms with Crippen molar-refractivity contribution in [3.63, 3.8) is 0 Å². The van der Waals surface area contributed by atoms with Gasteiger partial charge in [-0.25, -0.2) is 8.78 Å². The van der Waals surface area contributed by atoms with E-state index >= 15 is 0 Å². The Labute approximate surface area is 71.7 Å². The highest BCUT2D eigenvalue weighted by atomic mass is 19.3. The molecule has 0 bridgehead atoms. The van der Waals surface area contributed by atoms with Crippen LogP contribution in [0.4, 0.5) is 8.78 Å². The highest BCUT2D eigenvalue weighted by molar-refractivity contribution is 4.99. The number of hydrogen-bond acceptors (Lipinski definition) is 0. The molecule has 0 radical (unpaired) electrons. The van der Waals surface area contributed by atoms with Gasteiger partial charge in [-0.1, -0.05) is 0 Å². The molecular formula is C9H15F2N. The number of rotatable bonds is 0. The van der Waals surface area contributed by atoms with E-state index in [1.807, 2.05) is 0 Å². The van der Waals surface area contributed by atoms with Gasteiger partial charge in [-0.15, -0.1) is 0 Å². The van der Waals surface area contributed by atoms with Crippen LogP contribution < -0.4 is 4.90 Å². The third kappa shape index (κ3) is 1.35. The summed E-state index contributed by atoms with van der Waals surface area (Å²) in [5.74, 6) is -2.35. The van der Waals surface area contributed by atoms with Crippen LogP contribution in [-0.4, -0.2) is 19.0 Å². The van der Waals surface area contributed by atoms with E-state index in [2.05, 4.69) is 7.05 Å². The number of likely N-dealkylation sites (tertiary alicyclic amines) is 1.